The number of aromatic nitrogens is 2. The van der Waals surface area contributed by atoms with E-state index >= 15 is 0 Å². The molecule has 0 saturated heterocycles. The van der Waals surface area contributed by atoms with Crippen LogP contribution in [-0.4, -0.2) is 21.6 Å². The fourth-order valence-electron chi connectivity index (χ4n) is 3.75. The zero-order chi connectivity index (χ0) is 20.9. The Balaban J connectivity index is 0.000000313. The van der Waals surface area contributed by atoms with E-state index in [1.807, 2.05) is 29.6 Å². The van der Waals surface area contributed by atoms with E-state index in [0.717, 1.165) is 51.7 Å². The zero-order valence-electron chi connectivity index (χ0n) is 16.4. The third kappa shape index (κ3) is 4.95. The van der Waals surface area contributed by atoms with Gasteiger partial charge < -0.3 is 16.2 Å². The second-order valence-corrected chi connectivity index (χ2v) is 10.0. The number of nitrogens with two attached hydrogens (primary N) is 1. The highest BCUT2D eigenvalue weighted by Gasteiger charge is 2.24. The van der Waals surface area contributed by atoms with E-state index in [1.54, 1.807) is 41.1 Å². The molecule has 0 bridgehead atoms. The number of hydrogen-bond donors (Lipinski definition) is 4. The molecule has 1 aromatic carbocycles. The summed E-state index contributed by atoms with van der Waals surface area (Å²) in [6, 6.07) is 11.0. The molecule has 0 spiro atoms. The molecule has 4 aromatic rings. The number of fused-ring (bicyclic) bond motifs is 3. The number of nitrogens with one attached hydrogen (secondary N) is 1. The molecule has 1 atom stereocenters. The predicted molar refractivity (Wildman–Crippen MR) is 130 cm³/mol. The first-order valence-electron chi connectivity index (χ1n) is 9.88. The van der Waals surface area contributed by atoms with Crippen LogP contribution < -0.4 is 11.1 Å². The van der Waals surface area contributed by atoms with Gasteiger partial charge in [0.1, 0.15) is 22.7 Å². The predicted octanol–water partition coefficient (Wildman–Crippen LogP) is 5.63. The average Bonchev–Trinajstić information content (AvgIpc) is 3.35. The van der Waals surface area contributed by atoms with E-state index in [-0.39, 0.29) is 5.75 Å². The summed E-state index contributed by atoms with van der Waals surface area (Å²) in [6.45, 7) is 0.759. The summed E-state index contributed by atoms with van der Waals surface area (Å²) >= 11 is 7.47. The maximum absolute atomic E-state index is 9.66. The van der Waals surface area contributed by atoms with Gasteiger partial charge in [0.25, 0.3) is 0 Å². The van der Waals surface area contributed by atoms with Crippen molar-refractivity contribution in [3.05, 3.63) is 58.5 Å². The monoisotopic (exact) mass is 456 g/mol. The van der Waals surface area contributed by atoms with Gasteiger partial charge in [-0.25, -0.2) is 9.97 Å². The maximum Gasteiger partial charge on any atom is 0.142 e. The summed E-state index contributed by atoms with van der Waals surface area (Å²) < 4.78 is 1.08. The Labute approximate surface area is 189 Å². The Morgan fingerprint density at radius 2 is 2.13 bits per heavy atom. The van der Waals surface area contributed by atoms with Crippen molar-refractivity contribution in [2.45, 2.75) is 29.9 Å². The summed E-state index contributed by atoms with van der Waals surface area (Å²) in [7, 11) is 0. The Hall–Kier alpha value is -2.13. The van der Waals surface area contributed by atoms with Gasteiger partial charge >= 0.3 is 0 Å². The lowest BCUT2D eigenvalue weighted by Crippen LogP contribution is -2.16. The highest BCUT2D eigenvalue weighted by Crippen LogP contribution is 2.41. The zero-order valence-corrected chi connectivity index (χ0v) is 18.9. The molecule has 8 heteroatoms. The third-order valence-corrected chi connectivity index (χ3v) is 7.44. The average molecular weight is 457 g/mol. The van der Waals surface area contributed by atoms with E-state index in [9.17, 15) is 5.11 Å². The van der Waals surface area contributed by atoms with Crippen molar-refractivity contribution in [2.24, 2.45) is 11.7 Å². The summed E-state index contributed by atoms with van der Waals surface area (Å²) in [5.74, 6) is 1.74. The van der Waals surface area contributed by atoms with Gasteiger partial charge in [-0.1, -0.05) is 12.1 Å². The molecular formula is C22H24N4OS3. The molecule has 0 amide bonds. The quantitative estimate of drug-likeness (QED) is 0.299. The lowest BCUT2D eigenvalue weighted by atomic mass is 9.86. The molecule has 1 unspecified atom stereocenters. The van der Waals surface area contributed by atoms with Crippen LogP contribution in [0.2, 0.25) is 0 Å². The second kappa shape index (κ2) is 9.78. The molecule has 156 valence electrons. The summed E-state index contributed by atoms with van der Waals surface area (Å²) in [5.41, 5.74) is 7.93. The first-order valence-corrected chi connectivity index (χ1v) is 12.0. The van der Waals surface area contributed by atoms with Crippen molar-refractivity contribution in [3.63, 3.8) is 0 Å². The van der Waals surface area contributed by atoms with Gasteiger partial charge in [0.2, 0.25) is 0 Å². The van der Waals surface area contributed by atoms with Crippen LogP contribution in [-0.2, 0) is 12.8 Å². The molecule has 0 radical (unpaired) electrons. The number of phenols is 1. The highest BCUT2D eigenvalue weighted by molar-refractivity contribution is 7.82. The van der Waals surface area contributed by atoms with E-state index in [0.29, 0.717) is 5.92 Å². The molecule has 5 rings (SSSR count). The standard InChI is InChI=1S/C18H20N4OS.C4H4S2/c19-7-6-11-4-5-14-15(8-11)24-18-16(14)17(20-10-21-18)22-12-2-1-3-13(23)9-12;5-4-2-1-3-6-4/h1-3,9-11,23H,4-8,19H2,(H,20,21,22);1-3,5H. The Morgan fingerprint density at radius 3 is 2.83 bits per heavy atom. The summed E-state index contributed by atoms with van der Waals surface area (Å²) in [6.07, 6.45) is 6.03. The fraction of sp³-hybridized carbons (Fsp3) is 0.273. The SMILES string of the molecule is NCCC1CCc2c(sc3ncnc(Nc4cccc(O)c4)c23)C1.Sc1cccs1. The number of rotatable bonds is 4. The van der Waals surface area contributed by atoms with Crippen molar-refractivity contribution in [1.82, 2.24) is 9.97 Å². The summed E-state index contributed by atoms with van der Waals surface area (Å²) in [5, 5.41) is 16.1. The number of anilines is 2. The number of thiol groups is 1. The first kappa shape index (κ1) is 21.1. The van der Waals surface area contributed by atoms with Crippen LogP contribution in [0.1, 0.15) is 23.3 Å². The topological polar surface area (TPSA) is 84.1 Å². The molecule has 1 aliphatic rings. The van der Waals surface area contributed by atoms with Crippen molar-refractivity contribution >= 4 is 57.0 Å². The molecule has 3 aromatic heterocycles. The number of thiophene rings is 2. The molecule has 3 heterocycles. The van der Waals surface area contributed by atoms with Crippen molar-refractivity contribution in [1.29, 1.82) is 0 Å². The maximum atomic E-state index is 9.66. The van der Waals surface area contributed by atoms with Crippen LogP contribution in [0.3, 0.4) is 0 Å². The lowest BCUT2D eigenvalue weighted by molar-refractivity contribution is 0.439. The van der Waals surface area contributed by atoms with Crippen molar-refractivity contribution < 1.29 is 5.11 Å². The van der Waals surface area contributed by atoms with Crippen molar-refractivity contribution in [3.8, 4) is 5.75 Å². The van der Waals surface area contributed by atoms with E-state index in [2.05, 4.69) is 27.9 Å². The minimum absolute atomic E-state index is 0.238. The highest BCUT2D eigenvalue weighted by atomic mass is 32.2. The molecule has 30 heavy (non-hydrogen) atoms. The largest absolute Gasteiger partial charge is 0.508 e. The Bertz CT molecular complexity index is 1110. The van der Waals surface area contributed by atoms with Crippen LogP contribution in [0.5, 0.6) is 5.75 Å². The van der Waals surface area contributed by atoms with Crippen LogP contribution in [0, 0.1) is 5.92 Å². The number of nitrogens with zero attached hydrogens (tertiary/aromatic N) is 2. The minimum Gasteiger partial charge on any atom is -0.508 e. The molecular weight excluding hydrogens is 432 g/mol. The van der Waals surface area contributed by atoms with Crippen LogP contribution >= 0.6 is 35.3 Å². The first-order chi connectivity index (χ1) is 14.6. The van der Waals surface area contributed by atoms with Gasteiger partial charge in [0.05, 0.1) is 9.60 Å². The number of phenolic OH excluding ortho intramolecular Hbond substituents is 1. The number of benzene rings is 1. The smallest absolute Gasteiger partial charge is 0.142 e. The number of aryl methyl sites for hydroxylation is 1. The van der Waals surface area contributed by atoms with Gasteiger partial charge in [-0.3, -0.25) is 0 Å². The lowest BCUT2D eigenvalue weighted by Gasteiger charge is -2.21. The van der Waals surface area contributed by atoms with Gasteiger partial charge in [0, 0.05) is 16.6 Å². The molecule has 0 fully saturated rings. The van der Waals surface area contributed by atoms with Gasteiger partial charge in [-0.15, -0.1) is 35.3 Å². The van der Waals surface area contributed by atoms with E-state index in [4.69, 9.17) is 5.73 Å². The van der Waals surface area contributed by atoms with Crippen LogP contribution in [0.25, 0.3) is 10.2 Å². The normalized spacial score (nSPS) is 15.3. The number of aromatic hydroxyl groups is 1. The molecule has 0 aliphatic heterocycles. The number of hydrogen-bond acceptors (Lipinski definition) is 8. The van der Waals surface area contributed by atoms with E-state index in [1.165, 1.54) is 16.9 Å². The molecule has 5 nitrogen and oxygen atoms in total. The minimum atomic E-state index is 0.238. The van der Waals surface area contributed by atoms with Crippen LogP contribution in [0.15, 0.2) is 52.3 Å². The van der Waals surface area contributed by atoms with Gasteiger partial charge in [-0.2, -0.15) is 0 Å². The second-order valence-electron chi connectivity index (χ2n) is 7.22. The Morgan fingerprint density at radius 1 is 1.23 bits per heavy atom. The Kier molecular flexibility index (Phi) is 6.89. The molecule has 4 N–H and O–H groups in total. The third-order valence-electron chi connectivity index (χ3n) is 5.14. The fourth-order valence-corrected chi connectivity index (χ4v) is 5.77. The molecule has 1 aliphatic carbocycles. The van der Waals surface area contributed by atoms with Crippen molar-refractivity contribution in [2.75, 3.05) is 11.9 Å². The molecule has 0 saturated carbocycles. The van der Waals surface area contributed by atoms with Gasteiger partial charge in [-0.05, 0) is 67.3 Å². The van der Waals surface area contributed by atoms with Crippen LogP contribution in [0.4, 0.5) is 11.5 Å². The van der Waals surface area contributed by atoms with E-state index < -0.39 is 0 Å². The summed E-state index contributed by atoms with van der Waals surface area (Å²) in [4.78, 5) is 11.4. The van der Waals surface area contributed by atoms with Gasteiger partial charge in [0.15, 0.2) is 0 Å².